The van der Waals surface area contributed by atoms with Gasteiger partial charge < -0.3 is 4.90 Å². The monoisotopic (exact) mass is 308 g/mol. The molecule has 0 aromatic heterocycles. The van der Waals surface area contributed by atoms with Crippen LogP contribution >= 0.6 is 0 Å². The molecule has 1 atom stereocenters. The van der Waals surface area contributed by atoms with Crippen molar-refractivity contribution >= 4 is 17.5 Å². The lowest BCUT2D eigenvalue weighted by Gasteiger charge is -2.36. The van der Waals surface area contributed by atoms with Crippen molar-refractivity contribution in [2.75, 3.05) is 11.9 Å². The smallest absolute Gasteiger partial charge is 0.234 e. The van der Waals surface area contributed by atoms with E-state index in [2.05, 4.69) is 5.32 Å². The number of hydrogen-bond donors (Lipinski definition) is 1. The molecule has 1 aliphatic carbocycles. The summed E-state index contributed by atoms with van der Waals surface area (Å²) >= 11 is 0. The normalized spacial score (nSPS) is 22.2. The highest BCUT2D eigenvalue weighted by Crippen LogP contribution is 2.34. The Balaban J connectivity index is 1.89. The Morgan fingerprint density at radius 1 is 1.14 bits per heavy atom. The van der Waals surface area contributed by atoms with Gasteiger partial charge >= 0.3 is 0 Å². The molecule has 1 aromatic carbocycles. The quantitative estimate of drug-likeness (QED) is 0.873. The van der Waals surface area contributed by atoms with Crippen LogP contribution in [0.25, 0.3) is 0 Å². The van der Waals surface area contributed by atoms with Gasteiger partial charge in [-0.05, 0) is 37.8 Å². The van der Waals surface area contributed by atoms with Crippen LogP contribution in [0.5, 0.6) is 0 Å². The number of halogens is 2. The number of amides is 2. The molecule has 1 aliphatic heterocycles. The highest BCUT2D eigenvalue weighted by atomic mass is 19.1. The van der Waals surface area contributed by atoms with Crippen molar-refractivity contribution < 1.29 is 18.4 Å². The zero-order valence-electron chi connectivity index (χ0n) is 12.4. The Kier molecular flexibility index (Phi) is 3.85. The Morgan fingerprint density at radius 2 is 1.77 bits per heavy atom. The van der Waals surface area contributed by atoms with Crippen molar-refractivity contribution in [3.05, 3.63) is 29.3 Å². The highest BCUT2D eigenvalue weighted by Gasteiger charge is 2.33. The van der Waals surface area contributed by atoms with Gasteiger partial charge in [-0.2, -0.15) is 0 Å². The zero-order chi connectivity index (χ0) is 15.9. The molecule has 1 heterocycles. The summed E-state index contributed by atoms with van der Waals surface area (Å²) in [5.41, 5.74) is 0.242. The van der Waals surface area contributed by atoms with Crippen LogP contribution in [0.2, 0.25) is 0 Å². The summed E-state index contributed by atoms with van der Waals surface area (Å²) in [6.45, 7) is 0. The van der Waals surface area contributed by atoms with E-state index in [-0.39, 0.29) is 18.4 Å². The van der Waals surface area contributed by atoms with Gasteiger partial charge in [0.15, 0.2) is 0 Å². The average Bonchev–Trinajstić information content (AvgIpc) is 2.38. The van der Waals surface area contributed by atoms with Crippen LogP contribution in [0, 0.1) is 11.6 Å². The van der Waals surface area contributed by atoms with Gasteiger partial charge in [0.1, 0.15) is 11.6 Å². The molecule has 1 saturated heterocycles. The van der Waals surface area contributed by atoms with E-state index in [1.54, 1.807) is 0 Å². The molecule has 3 rings (SSSR count). The van der Waals surface area contributed by atoms with E-state index < -0.39 is 29.4 Å². The Hall–Kier alpha value is -1.98. The molecule has 2 fully saturated rings. The Morgan fingerprint density at radius 3 is 2.27 bits per heavy atom. The molecular weight excluding hydrogens is 290 g/mol. The lowest BCUT2D eigenvalue weighted by atomic mass is 9.88. The number of rotatable bonds is 3. The maximum atomic E-state index is 14.4. The van der Waals surface area contributed by atoms with Crippen molar-refractivity contribution in [3.63, 3.8) is 0 Å². The molecule has 0 radical (unpaired) electrons. The summed E-state index contributed by atoms with van der Waals surface area (Å²) in [6.07, 6.45) is 3.41. The van der Waals surface area contributed by atoms with E-state index in [1.807, 2.05) is 11.9 Å². The molecule has 1 unspecified atom stereocenters. The van der Waals surface area contributed by atoms with Crippen molar-refractivity contribution in [3.8, 4) is 0 Å². The number of hydrogen-bond acceptors (Lipinski definition) is 3. The van der Waals surface area contributed by atoms with Gasteiger partial charge in [0.25, 0.3) is 0 Å². The summed E-state index contributed by atoms with van der Waals surface area (Å²) in [7, 11) is 1.82. The number of benzene rings is 1. The minimum atomic E-state index is -0.944. The number of carbonyl (C=O) groups excluding carboxylic acids is 2. The van der Waals surface area contributed by atoms with Gasteiger partial charge in [0, 0.05) is 30.8 Å². The van der Waals surface area contributed by atoms with Crippen LogP contribution in [-0.4, -0.2) is 24.9 Å². The lowest BCUT2D eigenvalue weighted by molar-refractivity contribution is -0.134. The first-order valence-electron chi connectivity index (χ1n) is 7.53. The fourth-order valence-corrected chi connectivity index (χ4v) is 3.06. The summed E-state index contributed by atoms with van der Waals surface area (Å²) in [6, 6.07) is 2.88. The van der Waals surface area contributed by atoms with Crippen LogP contribution in [0.4, 0.5) is 14.5 Å². The van der Waals surface area contributed by atoms with Crippen molar-refractivity contribution in [2.24, 2.45) is 0 Å². The molecule has 6 heteroatoms. The third kappa shape index (κ3) is 2.58. The SMILES string of the molecule is CN(c1cc(F)c(C2CCC(=O)NC2=O)c(F)c1)C1CCC1. The van der Waals surface area contributed by atoms with Gasteiger partial charge in [-0.1, -0.05) is 0 Å². The van der Waals surface area contributed by atoms with Gasteiger partial charge in [0.2, 0.25) is 11.8 Å². The molecule has 1 N–H and O–H groups in total. The number of anilines is 1. The molecule has 4 nitrogen and oxygen atoms in total. The highest BCUT2D eigenvalue weighted by molar-refractivity contribution is 6.01. The summed E-state index contributed by atoms with van der Waals surface area (Å²) in [4.78, 5) is 24.8. The predicted octanol–water partition coefficient (Wildman–Crippen LogP) is 2.47. The number of nitrogens with one attached hydrogen (secondary N) is 1. The number of imide groups is 1. The first-order chi connectivity index (χ1) is 10.5. The first kappa shape index (κ1) is 14.9. The fraction of sp³-hybridized carbons (Fsp3) is 0.500. The minimum absolute atomic E-state index is 0.0962. The van der Waals surface area contributed by atoms with E-state index in [1.165, 1.54) is 12.1 Å². The van der Waals surface area contributed by atoms with E-state index in [0.29, 0.717) is 11.7 Å². The van der Waals surface area contributed by atoms with Crippen LogP contribution < -0.4 is 10.2 Å². The molecule has 2 aliphatic rings. The molecule has 0 bridgehead atoms. The van der Waals surface area contributed by atoms with Crippen molar-refractivity contribution in [1.82, 2.24) is 5.32 Å². The van der Waals surface area contributed by atoms with E-state index in [0.717, 1.165) is 19.3 Å². The minimum Gasteiger partial charge on any atom is -0.371 e. The standard InChI is InChI=1S/C16H18F2N2O2/c1-20(9-3-2-4-9)10-7-12(17)15(13(18)8-10)11-5-6-14(21)19-16(11)22/h7-9,11H,2-6H2,1H3,(H,19,21,22). The summed E-state index contributed by atoms with van der Waals surface area (Å²) < 4.78 is 28.8. The van der Waals surface area contributed by atoms with Gasteiger partial charge in [-0.25, -0.2) is 8.78 Å². The Labute approximate surface area is 127 Å². The summed E-state index contributed by atoms with van der Waals surface area (Å²) in [5, 5.41) is 2.13. The third-order valence-corrected chi connectivity index (χ3v) is 4.68. The van der Waals surface area contributed by atoms with Crippen LogP contribution in [0.3, 0.4) is 0 Å². The predicted molar refractivity (Wildman–Crippen MR) is 77.5 cm³/mol. The summed E-state index contributed by atoms with van der Waals surface area (Å²) in [5.74, 6) is -3.43. The molecular formula is C16H18F2N2O2. The third-order valence-electron chi connectivity index (χ3n) is 4.68. The van der Waals surface area contributed by atoms with Crippen molar-refractivity contribution in [1.29, 1.82) is 0 Å². The maximum absolute atomic E-state index is 14.4. The largest absolute Gasteiger partial charge is 0.371 e. The van der Waals surface area contributed by atoms with E-state index in [4.69, 9.17) is 0 Å². The van der Waals surface area contributed by atoms with E-state index in [9.17, 15) is 18.4 Å². The average molecular weight is 308 g/mol. The van der Waals surface area contributed by atoms with Gasteiger partial charge in [-0.15, -0.1) is 0 Å². The topological polar surface area (TPSA) is 49.4 Å². The second kappa shape index (κ2) is 5.66. The van der Waals surface area contributed by atoms with Crippen LogP contribution in [0.1, 0.15) is 43.6 Å². The second-order valence-electron chi connectivity index (χ2n) is 6.02. The number of carbonyl (C=O) groups is 2. The zero-order valence-corrected chi connectivity index (χ0v) is 12.4. The lowest BCUT2D eigenvalue weighted by Crippen LogP contribution is -2.40. The molecule has 22 heavy (non-hydrogen) atoms. The Bertz CT molecular complexity index is 606. The van der Waals surface area contributed by atoms with Crippen LogP contribution in [0.15, 0.2) is 12.1 Å². The molecule has 1 aromatic rings. The fourth-order valence-electron chi connectivity index (χ4n) is 3.06. The van der Waals surface area contributed by atoms with Gasteiger partial charge in [-0.3, -0.25) is 14.9 Å². The number of nitrogens with zero attached hydrogens (tertiary/aromatic N) is 1. The number of piperidine rings is 1. The maximum Gasteiger partial charge on any atom is 0.234 e. The van der Waals surface area contributed by atoms with Crippen LogP contribution in [-0.2, 0) is 9.59 Å². The second-order valence-corrected chi connectivity index (χ2v) is 6.02. The molecule has 1 saturated carbocycles. The van der Waals surface area contributed by atoms with E-state index >= 15 is 0 Å². The van der Waals surface area contributed by atoms with Crippen molar-refractivity contribution in [2.45, 2.75) is 44.1 Å². The molecule has 0 spiro atoms. The van der Waals surface area contributed by atoms with Gasteiger partial charge in [0.05, 0.1) is 5.92 Å². The first-order valence-corrected chi connectivity index (χ1v) is 7.53. The molecule has 2 amide bonds. The molecule has 118 valence electrons.